The Morgan fingerprint density at radius 1 is 1.29 bits per heavy atom. The standard InChI is InChI=1S/C26H29N7O2/c1-4-11-28-25(34)31-26(5-2)9-12-32(13-10-26)23-8-7-19(16-29-23)22-14-21(35-6-3)18-33-24(22)20(15-27)17-30-33/h1,7-8,14,16-18H,5-6,9-13H2,2-3H3,(H2,28,31,34). The Labute approximate surface area is 205 Å². The van der Waals surface area contributed by atoms with Crippen LogP contribution in [0.4, 0.5) is 10.6 Å². The molecule has 2 amide bonds. The van der Waals surface area contributed by atoms with E-state index in [-0.39, 0.29) is 18.1 Å². The summed E-state index contributed by atoms with van der Waals surface area (Å²) in [4.78, 5) is 19.1. The quantitative estimate of drug-likeness (QED) is 0.512. The number of nitrogens with zero attached hydrogens (tertiary/aromatic N) is 5. The molecule has 0 atom stereocenters. The number of fused-ring (bicyclic) bond motifs is 1. The number of ether oxygens (including phenoxy) is 1. The molecule has 3 aromatic rings. The summed E-state index contributed by atoms with van der Waals surface area (Å²) in [6, 6.07) is 7.92. The monoisotopic (exact) mass is 471 g/mol. The highest BCUT2D eigenvalue weighted by molar-refractivity contribution is 5.85. The number of rotatable bonds is 7. The maximum Gasteiger partial charge on any atom is 0.315 e. The van der Waals surface area contributed by atoms with E-state index in [0.717, 1.165) is 54.8 Å². The van der Waals surface area contributed by atoms with Crippen molar-refractivity contribution in [2.75, 3.05) is 31.1 Å². The third-order valence-electron chi connectivity index (χ3n) is 6.53. The van der Waals surface area contributed by atoms with Gasteiger partial charge in [-0.05, 0) is 44.4 Å². The minimum absolute atomic E-state index is 0.211. The average Bonchev–Trinajstić information content (AvgIpc) is 3.31. The second-order valence-electron chi connectivity index (χ2n) is 8.52. The van der Waals surface area contributed by atoms with Crippen LogP contribution in [0.5, 0.6) is 5.75 Å². The molecule has 4 heterocycles. The van der Waals surface area contributed by atoms with Gasteiger partial charge in [-0.15, -0.1) is 6.42 Å². The molecule has 1 aliphatic heterocycles. The molecule has 9 heteroatoms. The lowest BCUT2D eigenvalue weighted by atomic mass is 9.85. The van der Waals surface area contributed by atoms with E-state index in [1.807, 2.05) is 31.3 Å². The molecular weight excluding hydrogens is 442 g/mol. The van der Waals surface area contributed by atoms with Gasteiger partial charge in [-0.2, -0.15) is 10.4 Å². The van der Waals surface area contributed by atoms with Gasteiger partial charge in [0.2, 0.25) is 0 Å². The minimum atomic E-state index is -0.254. The van der Waals surface area contributed by atoms with Crippen LogP contribution in [0.25, 0.3) is 16.6 Å². The summed E-state index contributed by atoms with van der Waals surface area (Å²) < 4.78 is 7.38. The number of hydrogen-bond acceptors (Lipinski definition) is 6. The molecule has 0 saturated carbocycles. The number of carbonyl (C=O) groups excluding carboxylic acids is 1. The van der Waals surface area contributed by atoms with E-state index >= 15 is 0 Å². The summed E-state index contributed by atoms with van der Waals surface area (Å²) >= 11 is 0. The summed E-state index contributed by atoms with van der Waals surface area (Å²) in [7, 11) is 0. The fourth-order valence-electron chi connectivity index (χ4n) is 4.52. The van der Waals surface area contributed by atoms with Gasteiger partial charge in [-0.3, -0.25) is 0 Å². The predicted molar refractivity (Wildman–Crippen MR) is 134 cm³/mol. The number of amides is 2. The van der Waals surface area contributed by atoms with Crippen molar-refractivity contribution >= 4 is 17.4 Å². The van der Waals surface area contributed by atoms with Gasteiger partial charge in [-0.25, -0.2) is 14.3 Å². The number of pyridine rings is 2. The van der Waals surface area contributed by atoms with Crippen LogP contribution in [0.1, 0.15) is 38.7 Å². The maximum atomic E-state index is 12.2. The number of nitrogens with one attached hydrogen (secondary N) is 2. The molecule has 2 N–H and O–H groups in total. The van der Waals surface area contributed by atoms with Gasteiger partial charge in [0.1, 0.15) is 17.6 Å². The number of terminal acetylenes is 1. The fourth-order valence-corrected chi connectivity index (χ4v) is 4.52. The van der Waals surface area contributed by atoms with Crippen molar-refractivity contribution in [2.45, 2.75) is 38.6 Å². The zero-order valence-electron chi connectivity index (χ0n) is 20.0. The Hall–Kier alpha value is -4.24. The second-order valence-corrected chi connectivity index (χ2v) is 8.52. The van der Waals surface area contributed by atoms with Crippen LogP contribution in [0, 0.1) is 23.7 Å². The molecule has 0 aromatic carbocycles. The lowest BCUT2D eigenvalue weighted by molar-refractivity contribution is 0.209. The summed E-state index contributed by atoms with van der Waals surface area (Å²) in [6.45, 7) is 6.32. The maximum absolute atomic E-state index is 12.2. The highest BCUT2D eigenvalue weighted by atomic mass is 16.5. The Balaban J connectivity index is 1.52. The lowest BCUT2D eigenvalue weighted by Gasteiger charge is -2.42. The first-order valence-corrected chi connectivity index (χ1v) is 11.8. The Morgan fingerprint density at radius 3 is 2.71 bits per heavy atom. The van der Waals surface area contributed by atoms with Crippen molar-refractivity contribution in [3.63, 3.8) is 0 Å². The van der Waals surface area contributed by atoms with E-state index in [1.165, 1.54) is 0 Å². The molecule has 9 nitrogen and oxygen atoms in total. The van der Waals surface area contributed by atoms with E-state index in [2.05, 4.69) is 39.5 Å². The molecule has 3 aromatic heterocycles. The normalized spacial score (nSPS) is 14.7. The molecule has 1 fully saturated rings. The van der Waals surface area contributed by atoms with E-state index in [9.17, 15) is 10.1 Å². The lowest BCUT2D eigenvalue weighted by Crippen LogP contribution is -2.57. The van der Waals surface area contributed by atoms with Crippen molar-refractivity contribution in [2.24, 2.45) is 0 Å². The Bertz CT molecular complexity index is 1280. The van der Waals surface area contributed by atoms with Gasteiger partial charge < -0.3 is 20.3 Å². The van der Waals surface area contributed by atoms with Gasteiger partial charge in [0.25, 0.3) is 0 Å². The number of nitriles is 1. The van der Waals surface area contributed by atoms with Crippen LogP contribution in [0.2, 0.25) is 0 Å². The fraction of sp³-hybridized carbons (Fsp3) is 0.385. The van der Waals surface area contributed by atoms with E-state index in [1.54, 1.807) is 16.9 Å². The molecule has 4 rings (SSSR count). The first-order chi connectivity index (χ1) is 17.0. The molecule has 1 saturated heterocycles. The number of urea groups is 1. The highest BCUT2D eigenvalue weighted by Gasteiger charge is 2.34. The minimum Gasteiger partial charge on any atom is -0.492 e. The number of carbonyl (C=O) groups is 1. The molecule has 0 radical (unpaired) electrons. The van der Waals surface area contributed by atoms with Crippen LogP contribution >= 0.6 is 0 Å². The first kappa shape index (κ1) is 23.9. The summed E-state index contributed by atoms with van der Waals surface area (Å²) in [6.07, 6.45) is 12.9. The average molecular weight is 472 g/mol. The zero-order chi connectivity index (χ0) is 24.8. The third kappa shape index (κ3) is 4.99. The van der Waals surface area contributed by atoms with Crippen LogP contribution in [-0.4, -0.2) is 52.4 Å². The SMILES string of the molecule is C#CCNC(=O)NC1(CC)CCN(c2ccc(-c3cc(OCC)cn4ncc(C#N)c34)cn2)CC1. The molecule has 0 unspecified atom stereocenters. The van der Waals surface area contributed by atoms with Gasteiger partial charge >= 0.3 is 6.03 Å². The molecular formula is C26H29N7O2. The number of aromatic nitrogens is 3. The molecule has 0 aliphatic carbocycles. The smallest absolute Gasteiger partial charge is 0.315 e. The van der Waals surface area contributed by atoms with E-state index in [4.69, 9.17) is 16.1 Å². The predicted octanol–water partition coefficient (Wildman–Crippen LogP) is 3.35. The topological polar surface area (TPSA) is 108 Å². The van der Waals surface area contributed by atoms with Gasteiger partial charge in [-0.1, -0.05) is 12.8 Å². The van der Waals surface area contributed by atoms with E-state index in [0.29, 0.717) is 17.9 Å². The number of anilines is 1. The van der Waals surface area contributed by atoms with Gasteiger partial charge in [0.15, 0.2) is 0 Å². The Kier molecular flexibility index (Phi) is 7.07. The molecule has 0 spiro atoms. The Morgan fingerprint density at radius 2 is 2.09 bits per heavy atom. The highest BCUT2D eigenvalue weighted by Crippen LogP contribution is 2.32. The van der Waals surface area contributed by atoms with Crippen LogP contribution < -0.4 is 20.3 Å². The molecule has 1 aliphatic rings. The largest absolute Gasteiger partial charge is 0.492 e. The van der Waals surface area contributed by atoms with Crippen molar-refractivity contribution in [3.05, 3.63) is 42.4 Å². The van der Waals surface area contributed by atoms with Gasteiger partial charge in [0.05, 0.1) is 36.6 Å². The van der Waals surface area contributed by atoms with Crippen molar-refractivity contribution in [1.82, 2.24) is 25.2 Å². The van der Waals surface area contributed by atoms with E-state index < -0.39 is 0 Å². The van der Waals surface area contributed by atoms with Crippen molar-refractivity contribution in [1.29, 1.82) is 5.26 Å². The summed E-state index contributed by atoms with van der Waals surface area (Å²) in [5, 5.41) is 19.7. The molecule has 0 bridgehead atoms. The van der Waals surface area contributed by atoms with Crippen molar-refractivity contribution in [3.8, 4) is 35.3 Å². The summed E-state index contributed by atoms with van der Waals surface area (Å²) in [5.74, 6) is 3.97. The van der Waals surface area contributed by atoms with Crippen LogP contribution in [0.15, 0.2) is 36.8 Å². The first-order valence-electron chi connectivity index (χ1n) is 11.8. The van der Waals surface area contributed by atoms with Gasteiger partial charge in [0, 0.05) is 36.0 Å². The number of piperidine rings is 1. The van der Waals surface area contributed by atoms with Crippen molar-refractivity contribution < 1.29 is 9.53 Å². The third-order valence-corrected chi connectivity index (χ3v) is 6.53. The molecule has 180 valence electrons. The van der Waals surface area contributed by atoms with Crippen LogP contribution in [0.3, 0.4) is 0 Å². The summed E-state index contributed by atoms with van der Waals surface area (Å²) in [5.41, 5.74) is 2.69. The second kappa shape index (κ2) is 10.4. The zero-order valence-corrected chi connectivity index (χ0v) is 20.0. The number of hydrogen-bond donors (Lipinski definition) is 2. The molecule has 35 heavy (non-hydrogen) atoms. The van der Waals surface area contributed by atoms with Crippen LogP contribution in [-0.2, 0) is 0 Å².